The maximum absolute atomic E-state index is 11.6. The molecule has 2 atom stereocenters. The molecule has 0 bridgehead atoms. The number of aliphatic carboxylic acids is 1. The number of carboxylic acid groups (broad SMARTS) is 1. The monoisotopic (exact) mass is 327 g/mol. The van der Waals surface area contributed by atoms with E-state index in [9.17, 15) is 18.0 Å². The van der Waals surface area contributed by atoms with E-state index < -0.39 is 27.6 Å². The maximum atomic E-state index is 11.6. The quantitative estimate of drug-likeness (QED) is 0.697. The number of amides is 1. The second-order valence-corrected chi connectivity index (χ2v) is 7.19. The Morgan fingerprint density at radius 1 is 1.27 bits per heavy atom. The van der Waals surface area contributed by atoms with Gasteiger partial charge >= 0.3 is 5.97 Å². The molecule has 2 rings (SSSR count). The molecule has 120 valence electrons. The van der Waals surface area contributed by atoms with E-state index in [1.165, 1.54) is 12.1 Å². The van der Waals surface area contributed by atoms with Crippen molar-refractivity contribution in [1.29, 1.82) is 0 Å². The molecule has 2 N–H and O–H groups in total. The zero-order chi connectivity index (χ0) is 16.3. The SMILES string of the molecule is CS(=O)(=O)c1ccc(OCCNC(=O)C2CC2C(=O)O)cc1. The van der Waals surface area contributed by atoms with Crippen LogP contribution in [0.15, 0.2) is 29.2 Å². The molecule has 1 amide bonds. The van der Waals surface area contributed by atoms with Crippen LogP contribution in [0.4, 0.5) is 0 Å². The molecule has 1 saturated carbocycles. The van der Waals surface area contributed by atoms with Crippen LogP contribution in [-0.4, -0.2) is 44.8 Å². The summed E-state index contributed by atoms with van der Waals surface area (Å²) < 4.78 is 28.0. The van der Waals surface area contributed by atoms with Crippen LogP contribution >= 0.6 is 0 Å². The average Bonchev–Trinajstić information content (AvgIpc) is 3.23. The summed E-state index contributed by atoms with van der Waals surface area (Å²) >= 11 is 0. The lowest BCUT2D eigenvalue weighted by Gasteiger charge is -2.08. The van der Waals surface area contributed by atoms with Gasteiger partial charge < -0.3 is 15.2 Å². The van der Waals surface area contributed by atoms with E-state index in [2.05, 4.69) is 5.32 Å². The molecule has 22 heavy (non-hydrogen) atoms. The Hall–Kier alpha value is -2.09. The van der Waals surface area contributed by atoms with Crippen molar-refractivity contribution < 1.29 is 27.9 Å². The van der Waals surface area contributed by atoms with E-state index >= 15 is 0 Å². The Balaban J connectivity index is 1.71. The van der Waals surface area contributed by atoms with Crippen molar-refractivity contribution in [2.24, 2.45) is 11.8 Å². The molecule has 0 aromatic heterocycles. The number of ether oxygens (including phenoxy) is 1. The maximum Gasteiger partial charge on any atom is 0.307 e. The summed E-state index contributed by atoms with van der Waals surface area (Å²) in [5, 5.41) is 11.3. The van der Waals surface area contributed by atoms with Gasteiger partial charge in [0.15, 0.2) is 9.84 Å². The number of sulfone groups is 1. The van der Waals surface area contributed by atoms with E-state index in [0.717, 1.165) is 6.26 Å². The van der Waals surface area contributed by atoms with E-state index in [4.69, 9.17) is 9.84 Å². The van der Waals surface area contributed by atoms with Crippen molar-refractivity contribution in [2.75, 3.05) is 19.4 Å². The molecular weight excluding hydrogens is 310 g/mol. The minimum Gasteiger partial charge on any atom is -0.492 e. The molecule has 8 heteroatoms. The van der Waals surface area contributed by atoms with Crippen molar-refractivity contribution >= 4 is 21.7 Å². The van der Waals surface area contributed by atoms with Crippen LogP contribution in [0, 0.1) is 11.8 Å². The van der Waals surface area contributed by atoms with Crippen molar-refractivity contribution in [1.82, 2.24) is 5.32 Å². The fraction of sp³-hybridized carbons (Fsp3) is 0.429. The smallest absolute Gasteiger partial charge is 0.307 e. The van der Waals surface area contributed by atoms with Gasteiger partial charge in [-0.25, -0.2) is 8.42 Å². The largest absolute Gasteiger partial charge is 0.492 e. The van der Waals surface area contributed by atoms with Gasteiger partial charge in [-0.3, -0.25) is 9.59 Å². The predicted molar refractivity (Wildman–Crippen MR) is 77.3 cm³/mol. The molecule has 0 radical (unpaired) electrons. The second kappa shape index (κ2) is 6.35. The number of carboxylic acids is 1. The fourth-order valence-corrected chi connectivity index (χ4v) is 2.65. The van der Waals surface area contributed by atoms with Crippen LogP contribution in [-0.2, 0) is 19.4 Å². The highest BCUT2D eigenvalue weighted by Crippen LogP contribution is 2.38. The first-order chi connectivity index (χ1) is 10.3. The van der Waals surface area contributed by atoms with E-state index in [0.29, 0.717) is 12.2 Å². The molecule has 1 aromatic carbocycles. The van der Waals surface area contributed by atoms with Gasteiger partial charge in [0.25, 0.3) is 0 Å². The first kappa shape index (κ1) is 16.3. The standard InChI is InChI=1S/C14H17NO6S/c1-22(19,20)10-4-2-9(3-5-10)21-7-6-15-13(16)11-8-12(11)14(17)18/h2-5,11-12H,6-8H2,1H3,(H,15,16)(H,17,18). The molecule has 1 fully saturated rings. The lowest BCUT2D eigenvalue weighted by Crippen LogP contribution is -2.30. The Morgan fingerprint density at radius 2 is 1.91 bits per heavy atom. The van der Waals surface area contributed by atoms with Gasteiger partial charge in [0.05, 0.1) is 23.3 Å². The van der Waals surface area contributed by atoms with Gasteiger partial charge in [-0.05, 0) is 30.7 Å². The Morgan fingerprint density at radius 3 is 2.41 bits per heavy atom. The van der Waals surface area contributed by atoms with E-state index in [-0.39, 0.29) is 24.0 Å². The molecule has 7 nitrogen and oxygen atoms in total. The number of carbonyl (C=O) groups excluding carboxylic acids is 1. The van der Waals surface area contributed by atoms with Crippen molar-refractivity contribution in [3.63, 3.8) is 0 Å². The summed E-state index contributed by atoms with van der Waals surface area (Å²) in [5.41, 5.74) is 0. The van der Waals surface area contributed by atoms with Crippen molar-refractivity contribution in [3.05, 3.63) is 24.3 Å². The van der Waals surface area contributed by atoms with Crippen LogP contribution in [0.25, 0.3) is 0 Å². The Kier molecular flexibility index (Phi) is 4.70. The zero-order valence-corrected chi connectivity index (χ0v) is 12.8. The van der Waals surface area contributed by atoms with Gasteiger partial charge in [0.2, 0.25) is 5.91 Å². The zero-order valence-electron chi connectivity index (χ0n) is 12.0. The number of hydrogen-bond donors (Lipinski definition) is 2. The minimum atomic E-state index is -3.23. The summed E-state index contributed by atoms with van der Waals surface area (Å²) in [7, 11) is -3.23. The number of carbonyl (C=O) groups is 2. The third-order valence-corrected chi connectivity index (χ3v) is 4.49. The normalized spacial score (nSPS) is 20.2. The number of rotatable bonds is 7. The predicted octanol–water partition coefficient (Wildman–Crippen LogP) is 0.306. The summed E-state index contributed by atoms with van der Waals surface area (Å²) in [5.74, 6) is -1.72. The van der Waals surface area contributed by atoms with Crippen molar-refractivity contribution in [3.8, 4) is 5.75 Å². The lowest BCUT2D eigenvalue weighted by molar-refractivity contribution is -0.140. The van der Waals surface area contributed by atoms with Crippen LogP contribution in [0.3, 0.4) is 0 Å². The number of benzene rings is 1. The van der Waals surface area contributed by atoms with Gasteiger partial charge in [-0.15, -0.1) is 0 Å². The van der Waals surface area contributed by atoms with Gasteiger partial charge in [-0.1, -0.05) is 0 Å². The Bertz CT molecular complexity index is 667. The van der Waals surface area contributed by atoms with E-state index in [1.54, 1.807) is 12.1 Å². The highest BCUT2D eigenvalue weighted by Gasteiger charge is 2.48. The van der Waals surface area contributed by atoms with Crippen LogP contribution in [0.5, 0.6) is 5.75 Å². The van der Waals surface area contributed by atoms with Crippen molar-refractivity contribution in [2.45, 2.75) is 11.3 Å². The fourth-order valence-electron chi connectivity index (χ4n) is 2.01. The third kappa shape index (κ3) is 4.20. The number of nitrogens with one attached hydrogen (secondary N) is 1. The van der Waals surface area contributed by atoms with Gasteiger partial charge in [0, 0.05) is 6.26 Å². The minimum absolute atomic E-state index is 0.210. The third-order valence-electron chi connectivity index (χ3n) is 3.37. The molecule has 0 heterocycles. The molecular formula is C14H17NO6S. The molecule has 0 spiro atoms. The van der Waals surface area contributed by atoms with Crippen LogP contribution in [0.1, 0.15) is 6.42 Å². The topological polar surface area (TPSA) is 110 Å². The molecule has 0 saturated heterocycles. The van der Waals surface area contributed by atoms with Crippen LogP contribution < -0.4 is 10.1 Å². The summed E-state index contributed by atoms with van der Waals surface area (Å²) in [6.45, 7) is 0.476. The first-order valence-electron chi connectivity index (χ1n) is 6.72. The van der Waals surface area contributed by atoms with Gasteiger partial charge in [-0.2, -0.15) is 0 Å². The van der Waals surface area contributed by atoms with Crippen LogP contribution in [0.2, 0.25) is 0 Å². The van der Waals surface area contributed by atoms with Gasteiger partial charge in [0.1, 0.15) is 12.4 Å². The first-order valence-corrected chi connectivity index (χ1v) is 8.61. The summed E-state index contributed by atoms with van der Waals surface area (Å²) in [4.78, 5) is 22.4. The molecule has 1 aromatic rings. The molecule has 0 aliphatic heterocycles. The molecule has 2 unspecified atom stereocenters. The summed E-state index contributed by atoms with van der Waals surface area (Å²) in [6.07, 6.45) is 1.51. The highest BCUT2D eigenvalue weighted by atomic mass is 32.2. The molecule has 1 aliphatic carbocycles. The Labute approximate surface area is 128 Å². The summed E-state index contributed by atoms with van der Waals surface area (Å²) in [6, 6.07) is 5.98. The second-order valence-electron chi connectivity index (χ2n) is 5.17. The highest BCUT2D eigenvalue weighted by molar-refractivity contribution is 7.90. The van der Waals surface area contributed by atoms with E-state index in [1.807, 2.05) is 0 Å². The number of hydrogen-bond acceptors (Lipinski definition) is 5. The molecule has 1 aliphatic rings. The lowest BCUT2D eigenvalue weighted by atomic mass is 10.3. The average molecular weight is 327 g/mol.